The van der Waals surface area contributed by atoms with Gasteiger partial charge in [-0.3, -0.25) is 0 Å². The first-order valence-corrected chi connectivity index (χ1v) is 7.44. The molecule has 0 heterocycles. The third kappa shape index (κ3) is 3.04. The van der Waals surface area contributed by atoms with Gasteiger partial charge in [0.2, 0.25) is 0 Å². The van der Waals surface area contributed by atoms with E-state index in [0.29, 0.717) is 11.3 Å². The van der Waals surface area contributed by atoms with Crippen LogP contribution in [0.15, 0.2) is 47.4 Å². The number of hydrogen-bond acceptors (Lipinski definition) is 2. The van der Waals surface area contributed by atoms with Crippen molar-refractivity contribution in [2.45, 2.75) is 10.3 Å². The predicted molar refractivity (Wildman–Crippen MR) is 78.9 cm³/mol. The summed E-state index contributed by atoms with van der Waals surface area (Å²) in [7, 11) is 1.51. The highest BCUT2D eigenvalue weighted by Crippen LogP contribution is 2.36. The third-order valence-electron chi connectivity index (χ3n) is 2.89. The van der Waals surface area contributed by atoms with Crippen molar-refractivity contribution < 1.29 is 9.13 Å². The fraction of sp³-hybridized carbons (Fsp3) is 0.200. The van der Waals surface area contributed by atoms with E-state index in [0.717, 1.165) is 10.5 Å². The van der Waals surface area contributed by atoms with Crippen LogP contribution in [0.5, 0.6) is 5.75 Å². The fourth-order valence-electron chi connectivity index (χ4n) is 1.88. The average Bonchev–Trinajstić information content (AvgIpc) is 2.46. The van der Waals surface area contributed by atoms with Crippen LogP contribution in [0.25, 0.3) is 0 Å². The van der Waals surface area contributed by atoms with Crippen LogP contribution in [0, 0.1) is 5.82 Å². The summed E-state index contributed by atoms with van der Waals surface area (Å²) in [6, 6.07) is 12.5. The van der Waals surface area contributed by atoms with Crippen molar-refractivity contribution in [2.75, 3.05) is 13.4 Å². The number of hydrogen-bond donors (Lipinski definition) is 0. The Bertz CT molecular complexity index is 574. The predicted octanol–water partition coefficient (Wildman–Crippen LogP) is 4.88. The molecule has 0 aliphatic heterocycles. The molecule has 2 aromatic rings. The Morgan fingerprint density at radius 1 is 1.16 bits per heavy atom. The molecule has 2 aromatic carbocycles. The summed E-state index contributed by atoms with van der Waals surface area (Å²) in [5.41, 5.74) is 1.38. The quantitative estimate of drug-likeness (QED) is 0.587. The zero-order valence-corrected chi connectivity index (χ0v) is 12.3. The van der Waals surface area contributed by atoms with Gasteiger partial charge in [0.1, 0.15) is 11.6 Å². The van der Waals surface area contributed by atoms with Crippen molar-refractivity contribution in [2.24, 2.45) is 0 Å². The molecule has 0 spiro atoms. The molecule has 2 rings (SSSR count). The van der Waals surface area contributed by atoms with Gasteiger partial charge in [0.25, 0.3) is 0 Å². The molecular formula is C15H14ClFOS. The number of rotatable bonds is 4. The van der Waals surface area contributed by atoms with Crippen LogP contribution in [-0.2, 0) is 0 Å². The minimum Gasteiger partial charge on any atom is -0.497 e. The zero-order chi connectivity index (χ0) is 13.8. The molecule has 1 atom stereocenters. The lowest BCUT2D eigenvalue weighted by molar-refractivity contribution is 0.410. The van der Waals surface area contributed by atoms with Gasteiger partial charge in [0, 0.05) is 16.5 Å². The van der Waals surface area contributed by atoms with Gasteiger partial charge in [-0.05, 0) is 24.0 Å². The van der Waals surface area contributed by atoms with Gasteiger partial charge in [-0.1, -0.05) is 24.3 Å². The molecule has 0 N–H and O–H groups in total. The number of ether oxygens (including phenoxy) is 1. The molecular weight excluding hydrogens is 283 g/mol. The fourth-order valence-corrected chi connectivity index (χ4v) is 2.95. The van der Waals surface area contributed by atoms with Gasteiger partial charge in [-0.2, -0.15) is 0 Å². The second-order valence-electron chi connectivity index (χ2n) is 3.99. The summed E-state index contributed by atoms with van der Waals surface area (Å²) in [5, 5.41) is -0.505. The van der Waals surface area contributed by atoms with E-state index in [2.05, 4.69) is 0 Å². The van der Waals surface area contributed by atoms with E-state index in [1.165, 1.54) is 13.2 Å². The maximum atomic E-state index is 14.0. The summed E-state index contributed by atoms with van der Waals surface area (Å²) in [5.74, 6) is 0.138. The first-order valence-electron chi connectivity index (χ1n) is 5.77. The van der Waals surface area contributed by atoms with Crippen molar-refractivity contribution in [1.82, 2.24) is 0 Å². The summed E-state index contributed by atoms with van der Waals surface area (Å²) in [6.45, 7) is 0. The number of halogens is 2. The Balaban J connectivity index is 2.41. The Morgan fingerprint density at radius 3 is 2.53 bits per heavy atom. The smallest absolute Gasteiger partial charge is 0.131 e. The monoisotopic (exact) mass is 296 g/mol. The van der Waals surface area contributed by atoms with Gasteiger partial charge in [0.15, 0.2) is 0 Å². The van der Waals surface area contributed by atoms with Crippen molar-refractivity contribution in [3.63, 3.8) is 0 Å². The van der Waals surface area contributed by atoms with Crippen LogP contribution in [0.1, 0.15) is 16.5 Å². The van der Waals surface area contributed by atoms with Gasteiger partial charge in [0.05, 0.1) is 12.5 Å². The molecule has 0 saturated carbocycles. The van der Waals surface area contributed by atoms with Crippen LogP contribution in [0.2, 0.25) is 0 Å². The van der Waals surface area contributed by atoms with E-state index in [1.807, 2.05) is 30.5 Å². The topological polar surface area (TPSA) is 9.23 Å². The standard InChI is InChI=1S/C15H14ClFOS/c1-18-10-7-8-11(13(17)9-10)15(16)12-5-3-4-6-14(12)19-2/h3-9,15H,1-2H3. The minimum atomic E-state index is -0.505. The second-order valence-corrected chi connectivity index (χ2v) is 5.28. The van der Waals surface area contributed by atoms with Crippen LogP contribution in [0.3, 0.4) is 0 Å². The molecule has 0 bridgehead atoms. The second kappa shape index (κ2) is 6.31. The van der Waals surface area contributed by atoms with E-state index >= 15 is 0 Å². The van der Waals surface area contributed by atoms with Crippen LogP contribution in [0.4, 0.5) is 4.39 Å². The van der Waals surface area contributed by atoms with Crippen molar-refractivity contribution in [3.05, 3.63) is 59.4 Å². The van der Waals surface area contributed by atoms with Gasteiger partial charge >= 0.3 is 0 Å². The van der Waals surface area contributed by atoms with Gasteiger partial charge in [-0.25, -0.2) is 4.39 Å². The molecule has 0 aromatic heterocycles. The molecule has 0 saturated heterocycles. The average molecular weight is 297 g/mol. The van der Waals surface area contributed by atoms with Gasteiger partial charge in [-0.15, -0.1) is 23.4 Å². The SMILES string of the molecule is COc1ccc(C(Cl)c2ccccc2SC)c(F)c1. The van der Waals surface area contributed by atoms with Crippen LogP contribution >= 0.6 is 23.4 Å². The normalized spacial score (nSPS) is 12.2. The van der Waals surface area contributed by atoms with E-state index < -0.39 is 5.38 Å². The Kier molecular flexibility index (Phi) is 4.72. The van der Waals surface area contributed by atoms with Crippen molar-refractivity contribution in [3.8, 4) is 5.75 Å². The highest BCUT2D eigenvalue weighted by Gasteiger charge is 2.18. The molecule has 0 aliphatic carbocycles. The lowest BCUT2D eigenvalue weighted by Gasteiger charge is -2.15. The Morgan fingerprint density at radius 2 is 1.89 bits per heavy atom. The maximum absolute atomic E-state index is 14.0. The van der Waals surface area contributed by atoms with Crippen LogP contribution < -0.4 is 4.74 Å². The van der Waals surface area contributed by atoms with E-state index in [1.54, 1.807) is 23.9 Å². The number of alkyl halides is 1. The summed E-state index contributed by atoms with van der Waals surface area (Å²) in [6.07, 6.45) is 1.98. The van der Waals surface area contributed by atoms with Crippen molar-refractivity contribution in [1.29, 1.82) is 0 Å². The molecule has 1 unspecified atom stereocenters. The summed E-state index contributed by atoms with van der Waals surface area (Å²) >= 11 is 8.02. The molecule has 4 heteroatoms. The highest BCUT2D eigenvalue weighted by molar-refractivity contribution is 7.98. The first-order chi connectivity index (χ1) is 9.17. The van der Waals surface area contributed by atoms with E-state index in [-0.39, 0.29) is 5.82 Å². The largest absolute Gasteiger partial charge is 0.497 e. The van der Waals surface area contributed by atoms with E-state index in [9.17, 15) is 4.39 Å². The number of thioether (sulfide) groups is 1. The number of benzene rings is 2. The highest BCUT2D eigenvalue weighted by atomic mass is 35.5. The molecule has 0 aliphatic rings. The zero-order valence-electron chi connectivity index (χ0n) is 10.7. The minimum absolute atomic E-state index is 0.352. The Hall–Kier alpha value is -1.19. The van der Waals surface area contributed by atoms with Crippen LogP contribution in [-0.4, -0.2) is 13.4 Å². The maximum Gasteiger partial charge on any atom is 0.131 e. The molecule has 0 fully saturated rings. The summed E-state index contributed by atoms with van der Waals surface area (Å²) in [4.78, 5) is 1.05. The number of methoxy groups -OCH3 is 1. The molecule has 0 amide bonds. The molecule has 1 nitrogen and oxygen atoms in total. The van der Waals surface area contributed by atoms with Gasteiger partial charge < -0.3 is 4.74 Å². The third-order valence-corrected chi connectivity index (χ3v) is 4.17. The first kappa shape index (κ1) is 14.2. The van der Waals surface area contributed by atoms with E-state index in [4.69, 9.17) is 16.3 Å². The molecule has 19 heavy (non-hydrogen) atoms. The molecule has 0 radical (unpaired) electrons. The summed E-state index contributed by atoms with van der Waals surface area (Å²) < 4.78 is 19.0. The molecule has 100 valence electrons. The van der Waals surface area contributed by atoms with Crippen molar-refractivity contribution >= 4 is 23.4 Å². The lowest BCUT2D eigenvalue weighted by Crippen LogP contribution is -1.99. The lowest BCUT2D eigenvalue weighted by atomic mass is 10.0. The Labute approximate surface area is 121 Å².